The van der Waals surface area contributed by atoms with Gasteiger partial charge in [-0.05, 0) is 36.5 Å². The molecule has 21 heavy (non-hydrogen) atoms. The largest absolute Gasteiger partial charge is 0.481 e. The number of amides is 1. The highest BCUT2D eigenvalue weighted by Crippen LogP contribution is 2.30. The maximum absolute atomic E-state index is 12.4. The number of carboxylic acids is 1. The van der Waals surface area contributed by atoms with Crippen LogP contribution in [0.15, 0.2) is 28.7 Å². The van der Waals surface area contributed by atoms with Crippen molar-refractivity contribution < 1.29 is 14.7 Å². The first-order chi connectivity index (χ1) is 10.0. The van der Waals surface area contributed by atoms with Gasteiger partial charge < -0.3 is 10.0 Å². The lowest BCUT2D eigenvalue weighted by molar-refractivity contribution is -0.139. The molecular weight excluding hydrogens is 334 g/mol. The molecule has 5 heteroatoms. The molecule has 114 valence electrons. The molecule has 1 aromatic carbocycles. The second-order valence-corrected chi connectivity index (χ2v) is 6.51. The van der Waals surface area contributed by atoms with Crippen LogP contribution in [0.5, 0.6) is 0 Å². The van der Waals surface area contributed by atoms with Crippen molar-refractivity contribution in [2.24, 2.45) is 5.92 Å². The first-order valence-electron chi connectivity index (χ1n) is 7.28. The molecule has 2 rings (SSSR count). The van der Waals surface area contributed by atoms with Gasteiger partial charge in [-0.3, -0.25) is 9.59 Å². The van der Waals surface area contributed by atoms with E-state index in [9.17, 15) is 9.59 Å². The number of hydrogen-bond acceptors (Lipinski definition) is 2. The van der Waals surface area contributed by atoms with Crippen LogP contribution < -0.4 is 0 Å². The summed E-state index contributed by atoms with van der Waals surface area (Å²) in [4.78, 5) is 24.8. The van der Waals surface area contributed by atoms with Crippen molar-refractivity contribution in [3.63, 3.8) is 0 Å². The van der Waals surface area contributed by atoms with Gasteiger partial charge in [-0.25, -0.2) is 0 Å². The standard InChI is InChI=1S/C16H20BrNO3/c17-14-6-2-5-13(9-14)11-18(8-7-16(20)21)15(19)10-12-3-1-4-12/h2,5-6,9,12H,1,3-4,7-8,10-11H2,(H,20,21). The number of carbonyl (C=O) groups excluding carboxylic acids is 1. The lowest BCUT2D eigenvalue weighted by Crippen LogP contribution is -2.34. The van der Waals surface area contributed by atoms with E-state index in [1.54, 1.807) is 4.90 Å². The van der Waals surface area contributed by atoms with Gasteiger partial charge in [0.25, 0.3) is 0 Å². The number of benzene rings is 1. The third-order valence-electron chi connectivity index (χ3n) is 3.90. The molecule has 1 aliphatic rings. The summed E-state index contributed by atoms with van der Waals surface area (Å²) in [5, 5.41) is 8.85. The van der Waals surface area contributed by atoms with Gasteiger partial charge in [0.05, 0.1) is 6.42 Å². The minimum absolute atomic E-state index is 0.00951. The zero-order valence-electron chi connectivity index (χ0n) is 11.9. The van der Waals surface area contributed by atoms with Gasteiger partial charge in [0, 0.05) is 24.0 Å². The average Bonchev–Trinajstić information content (AvgIpc) is 2.38. The summed E-state index contributed by atoms with van der Waals surface area (Å²) in [5.41, 5.74) is 1.01. The molecule has 0 spiro atoms. The lowest BCUT2D eigenvalue weighted by Gasteiger charge is -2.29. The molecule has 1 aliphatic carbocycles. The van der Waals surface area contributed by atoms with E-state index in [-0.39, 0.29) is 18.9 Å². The van der Waals surface area contributed by atoms with Gasteiger partial charge in [0.15, 0.2) is 0 Å². The van der Waals surface area contributed by atoms with Crippen molar-refractivity contribution in [2.75, 3.05) is 6.54 Å². The van der Waals surface area contributed by atoms with Crippen molar-refractivity contribution in [3.05, 3.63) is 34.3 Å². The summed E-state index contributed by atoms with van der Waals surface area (Å²) in [6, 6.07) is 7.77. The number of hydrogen-bond donors (Lipinski definition) is 1. The van der Waals surface area contributed by atoms with Crippen LogP contribution in [0.1, 0.15) is 37.7 Å². The minimum atomic E-state index is -0.870. The predicted octanol–water partition coefficient (Wildman–Crippen LogP) is 3.44. The van der Waals surface area contributed by atoms with Crippen LogP contribution in [0.4, 0.5) is 0 Å². The number of halogens is 1. The summed E-state index contributed by atoms with van der Waals surface area (Å²) >= 11 is 3.41. The molecule has 1 N–H and O–H groups in total. The molecule has 0 aromatic heterocycles. The van der Waals surface area contributed by atoms with Crippen molar-refractivity contribution in [3.8, 4) is 0 Å². The van der Waals surface area contributed by atoms with Crippen LogP contribution in [0.2, 0.25) is 0 Å². The molecule has 1 fully saturated rings. The van der Waals surface area contributed by atoms with Crippen molar-refractivity contribution in [2.45, 2.75) is 38.6 Å². The Kier molecular flexibility index (Phi) is 5.79. The molecule has 4 nitrogen and oxygen atoms in total. The number of aliphatic carboxylic acids is 1. The molecule has 0 aliphatic heterocycles. The Balaban J connectivity index is 1.99. The van der Waals surface area contributed by atoms with E-state index in [1.807, 2.05) is 24.3 Å². The van der Waals surface area contributed by atoms with Gasteiger partial charge >= 0.3 is 5.97 Å². The van der Waals surface area contributed by atoms with E-state index in [1.165, 1.54) is 6.42 Å². The summed E-state index contributed by atoms with van der Waals surface area (Å²) < 4.78 is 0.963. The van der Waals surface area contributed by atoms with Gasteiger partial charge in [-0.1, -0.05) is 34.5 Å². The zero-order chi connectivity index (χ0) is 15.2. The van der Waals surface area contributed by atoms with Crippen molar-refractivity contribution in [1.29, 1.82) is 0 Å². The van der Waals surface area contributed by atoms with Crippen LogP contribution in [-0.4, -0.2) is 28.4 Å². The third kappa shape index (κ3) is 5.16. The number of carbonyl (C=O) groups is 2. The van der Waals surface area contributed by atoms with Crippen LogP contribution in [0.3, 0.4) is 0 Å². The predicted molar refractivity (Wildman–Crippen MR) is 83.8 cm³/mol. The van der Waals surface area contributed by atoms with Gasteiger partial charge in [0.2, 0.25) is 5.91 Å². The topological polar surface area (TPSA) is 57.6 Å². The Labute approximate surface area is 133 Å². The summed E-state index contributed by atoms with van der Waals surface area (Å²) in [6.07, 6.45) is 3.99. The monoisotopic (exact) mass is 353 g/mol. The Hall–Kier alpha value is -1.36. The fourth-order valence-corrected chi connectivity index (χ4v) is 2.90. The van der Waals surface area contributed by atoms with E-state index in [4.69, 9.17) is 5.11 Å². The second kappa shape index (κ2) is 7.59. The zero-order valence-corrected chi connectivity index (χ0v) is 13.5. The molecule has 1 saturated carbocycles. The van der Waals surface area contributed by atoms with E-state index in [0.29, 0.717) is 18.9 Å². The fourth-order valence-electron chi connectivity index (χ4n) is 2.45. The summed E-state index contributed by atoms with van der Waals surface area (Å²) in [6.45, 7) is 0.742. The van der Waals surface area contributed by atoms with Crippen LogP contribution in [0.25, 0.3) is 0 Å². The summed E-state index contributed by atoms with van der Waals surface area (Å²) in [5.74, 6) is -0.307. The number of nitrogens with zero attached hydrogens (tertiary/aromatic N) is 1. The Morgan fingerprint density at radius 1 is 1.33 bits per heavy atom. The average molecular weight is 354 g/mol. The highest BCUT2D eigenvalue weighted by Gasteiger charge is 2.24. The second-order valence-electron chi connectivity index (χ2n) is 5.59. The van der Waals surface area contributed by atoms with Gasteiger partial charge in [-0.2, -0.15) is 0 Å². The lowest BCUT2D eigenvalue weighted by atomic mass is 9.82. The minimum Gasteiger partial charge on any atom is -0.481 e. The number of rotatable bonds is 7. The van der Waals surface area contributed by atoms with Crippen molar-refractivity contribution in [1.82, 2.24) is 4.90 Å². The quantitative estimate of drug-likeness (QED) is 0.816. The SMILES string of the molecule is O=C(O)CCN(Cc1cccc(Br)c1)C(=O)CC1CCC1. The fraction of sp³-hybridized carbons (Fsp3) is 0.500. The van der Waals surface area contributed by atoms with Gasteiger partial charge in [0.1, 0.15) is 0 Å². The highest BCUT2D eigenvalue weighted by atomic mass is 79.9. The molecule has 0 radical (unpaired) electrons. The van der Waals surface area contributed by atoms with Gasteiger partial charge in [-0.15, -0.1) is 0 Å². The smallest absolute Gasteiger partial charge is 0.305 e. The highest BCUT2D eigenvalue weighted by molar-refractivity contribution is 9.10. The molecule has 0 atom stereocenters. The van der Waals surface area contributed by atoms with E-state index in [0.717, 1.165) is 22.9 Å². The maximum Gasteiger partial charge on any atom is 0.305 e. The van der Waals surface area contributed by atoms with Crippen LogP contribution in [-0.2, 0) is 16.1 Å². The molecule has 1 amide bonds. The Bertz CT molecular complexity index is 514. The Morgan fingerprint density at radius 3 is 2.67 bits per heavy atom. The molecular formula is C16H20BrNO3. The molecule has 0 heterocycles. The third-order valence-corrected chi connectivity index (χ3v) is 4.39. The van der Waals surface area contributed by atoms with E-state index < -0.39 is 5.97 Å². The first-order valence-corrected chi connectivity index (χ1v) is 8.08. The van der Waals surface area contributed by atoms with E-state index in [2.05, 4.69) is 15.9 Å². The summed E-state index contributed by atoms with van der Waals surface area (Å²) in [7, 11) is 0. The normalized spacial score (nSPS) is 14.5. The van der Waals surface area contributed by atoms with Crippen molar-refractivity contribution >= 4 is 27.8 Å². The van der Waals surface area contributed by atoms with Crippen LogP contribution in [0, 0.1) is 5.92 Å². The number of carboxylic acid groups (broad SMARTS) is 1. The maximum atomic E-state index is 12.4. The first kappa shape index (κ1) is 16.0. The van der Waals surface area contributed by atoms with E-state index >= 15 is 0 Å². The van der Waals surface area contributed by atoms with Crippen LogP contribution >= 0.6 is 15.9 Å². The molecule has 0 unspecified atom stereocenters. The molecule has 0 saturated heterocycles. The molecule has 1 aromatic rings. The Morgan fingerprint density at radius 2 is 2.10 bits per heavy atom. The molecule has 0 bridgehead atoms.